The Hall–Kier alpha value is -6.26. The van der Waals surface area contributed by atoms with Crippen LogP contribution in [-0.2, 0) is 0 Å². The van der Waals surface area contributed by atoms with E-state index < -0.39 is 0 Å². The van der Waals surface area contributed by atoms with Gasteiger partial charge in [-0.25, -0.2) is 0 Å². The molecule has 0 saturated carbocycles. The molecule has 0 aliphatic rings. The van der Waals surface area contributed by atoms with Gasteiger partial charge in [-0.05, 0) is 157 Å². The molecule has 0 aromatic heterocycles. The lowest BCUT2D eigenvalue weighted by Gasteiger charge is -2.28. The summed E-state index contributed by atoms with van der Waals surface area (Å²) in [6.07, 6.45) is 0. The smallest absolute Gasteiger partial charge is 0.119 e. The third-order valence-electron chi connectivity index (χ3n) is 9.61. The Balaban J connectivity index is 1.15. The molecule has 0 amide bonds. The van der Waals surface area contributed by atoms with Crippen molar-refractivity contribution in [3.05, 3.63) is 180 Å². The van der Waals surface area contributed by atoms with Gasteiger partial charge in [0.05, 0.1) is 14.2 Å². The van der Waals surface area contributed by atoms with Gasteiger partial charge < -0.3 is 19.3 Å². The van der Waals surface area contributed by atoms with E-state index in [1.54, 1.807) is 14.2 Å². The van der Waals surface area contributed by atoms with Crippen LogP contribution >= 0.6 is 0 Å². The molecule has 0 N–H and O–H groups in total. The van der Waals surface area contributed by atoms with Crippen molar-refractivity contribution in [2.45, 2.75) is 27.7 Å². The SMILES string of the molecule is COc1ccc(N(c2ccc(-c3ccc(-c4ccc(N(c5cccc(C)c5)c5ccc(OC)cc5C)cc4)cc3)cc2)c2cccc(C)c2)c(C)c1. The maximum absolute atomic E-state index is 5.50. The average Bonchev–Trinajstić information content (AvgIpc) is 3.17. The molecule has 7 rings (SSSR count). The van der Waals surface area contributed by atoms with Crippen molar-refractivity contribution in [2.24, 2.45) is 0 Å². The van der Waals surface area contributed by atoms with Crippen LogP contribution < -0.4 is 19.3 Å². The van der Waals surface area contributed by atoms with E-state index >= 15 is 0 Å². The fraction of sp³-hybridized carbons (Fsp3) is 0.125. The van der Waals surface area contributed by atoms with Crippen molar-refractivity contribution in [1.82, 2.24) is 0 Å². The molecule has 0 atom stereocenters. The number of rotatable bonds is 10. The topological polar surface area (TPSA) is 24.9 Å². The predicted molar refractivity (Wildman–Crippen MR) is 219 cm³/mol. The summed E-state index contributed by atoms with van der Waals surface area (Å²) in [5.74, 6) is 1.71. The van der Waals surface area contributed by atoms with Crippen LogP contribution in [0.3, 0.4) is 0 Å². The van der Waals surface area contributed by atoms with E-state index in [0.29, 0.717) is 0 Å². The highest BCUT2D eigenvalue weighted by Gasteiger charge is 2.17. The average molecular weight is 681 g/mol. The first-order valence-corrected chi connectivity index (χ1v) is 17.6. The Morgan fingerprint density at radius 1 is 0.346 bits per heavy atom. The summed E-state index contributed by atoms with van der Waals surface area (Å²) in [6, 6.07) is 56.3. The first-order chi connectivity index (χ1) is 25.3. The van der Waals surface area contributed by atoms with Crippen LogP contribution in [0, 0.1) is 27.7 Å². The molecule has 258 valence electrons. The Morgan fingerprint density at radius 2 is 0.692 bits per heavy atom. The summed E-state index contributed by atoms with van der Waals surface area (Å²) in [7, 11) is 3.42. The number of ether oxygens (including phenoxy) is 2. The minimum atomic E-state index is 0.855. The van der Waals surface area contributed by atoms with E-state index in [1.807, 2.05) is 12.1 Å². The zero-order valence-electron chi connectivity index (χ0n) is 30.7. The normalized spacial score (nSPS) is 10.9. The van der Waals surface area contributed by atoms with Crippen LogP contribution in [0.4, 0.5) is 34.1 Å². The second-order valence-electron chi connectivity index (χ2n) is 13.3. The van der Waals surface area contributed by atoms with E-state index in [9.17, 15) is 0 Å². The van der Waals surface area contributed by atoms with Crippen LogP contribution in [0.5, 0.6) is 11.5 Å². The number of benzene rings is 7. The minimum absolute atomic E-state index is 0.855. The fourth-order valence-electron chi connectivity index (χ4n) is 6.86. The Bertz CT molecular complexity index is 2140. The third-order valence-corrected chi connectivity index (χ3v) is 9.61. The maximum Gasteiger partial charge on any atom is 0.119 e. The first-order valence-electron chi connectivity index (χ1n) is 17.6. The maximum atomic E-state index is 5.50. The number of nitrogens with zero attached hydrogens (tertiary/aromatic N) is 2. The molecule has 0 radical (unpaired) electrons. The van der Waals surface area contributed by atoms with E-state index in [4.69, 9.17) is 9.47 Å². The summed E-state index contributed by atoms with van der Waals surface area (Å²) in [6.45, 7) is 8.53. The number of anilines is 6. The highest BCUT2D eigenvalue weighted by atomic mass is 16.5. The Kier molecular flexibility index (Phi) is 9.81. The molecule has 0 heterocycles. The zero-order chi connectivity index (χ0) is 36.2. The largest absolute Gasteiger partial charge is 0.497 e. The van der Waals surface area contributed by atoms with Gasteiger partial charge in [0, 0.05) is 34.1 Å². The fourth-order valence-corrected chi connectivity index (χ4v) is 6.86. The molecule has 0 saturated heterocycles. The van der Waals surface area contributed by atoms with Crippen LogP contribution in [0.2, 0.25) is 0 Å². The Labute approximate surface area is 308 Å². The molecule has 4 nitrogen and oxygen atoms in total. The Morgan fingerprint density at radius 3 is 1.00 bits per heavy atom. The molecule has 7 aromatic rings. The van der Waals surface area contributed by atoms with Crippen molar-refractivity contribution in [1.29, 1.82) is 0 Å². The second kappa shape index (κ2) is 14.9. The first kappa shape index (κ1) is 34.2. The standard InChI is InChI=1S/C48H44N2O2/c1-33-9-7-11-43(29-33)49(47-27-25-45(51-5)31-35(47)3)41-21-17-39(18-22-41)37-13-15-38(16-14-37)40-19-23-42(24-20-40)50(44-12-8-10-34(2)30-44)48-28-26-46(52-6)32-36(48)4/h7-32H,1-6H3. The highest BCUT2D eigenvalue weighted by Crippen LogP contribution is 2.41. The molecule has 4 heteroatoms. The molecule has 0 aliphatic heterocycles. The van der Waals surface area contributed by atoms with E-state index in [-0.39, 0.29) is 0 Å². The van der Waals surface area contributed by atoms with Crippen LogP contribution in [0.1, 0.15) is 22.3 Å². The van der Waals surface area contributed by atoms with Gasteiger partial charge in [-0.15, -0.1) is 0 Å². The molecule has 0 bridgehead atoms. The van der Waals surface area contributed by atoms with Gasteiger partial charge in [0.1, 0.15) is 11.5 Å². The monoisotopic (exact) mass is 680 g/mol. The molecular weight excluding hydrogens is 637 g/mol. The lowest BCUT2D eigenvalue weighted by atomic mass is 9.99. The van der Waals surface area contributed by atoms with Crippen LogP contribution in [0.15, 0.2) is 158 Å². The van der Waals surface area contributed by atoms with Crippen molar-refractivity contribution in [3.8, 4) is 33.8 Å². The molecule has 0 unspecified atom stereocenters. The van der Waals surface area contributed by atoms with Gasteiger partial charge in [-0.1, -0.05) is 72.8 Å². The lowest BCUT2D eigenvalue weighted by molar-refractivity contribution is 0.414. The molecule has 0 spiro atoms. The lowest BCUT2D eigenvalue weighted by Crippen LogP contribution is -2.11. The summed E-state index contributed by atoms with van der Waals surface area (Å²) < 4.78 is 11.0. The minimum Gasteiger partial charge on any atom is -0.497 e. The summed E-state index contributed by atoms with van der Waals surface area (Å²) >= 11 is 0. The molecular formula is C48H44N2O2. The summed E-state index contributed by atoms with van der Waals surface area (Å²) in [5, 5.41) is 0. The van der Waals surface area contributed by atoms with Crippen molar-refractivity contribution < 1.29 is 9.47 Å². The van der Waals surface area contributed by atoms with Gasteiger partial charge in [0.15, 0.2) is 0 Å². The highest BCUT2D eigenvalue weighted by molar-refractivity contribution is 5.82. The van der Waals surface area contributed by atoms with Gasteiger partial charge in [0.2, 0.25) is 0 Å². The number of aryl methyl sites for hydroxylation is 4. The second-order valence-corrected chi connectivity index (χ2v) is 13.3. The number of methoxy groups -OCH3 is 2. The van der Waals surface area contributed by atoms with Crippen LogP contribution in [-0.4, -0.2) is 14.2 Å². The van der Waals surface area contributed by atoms with E-state index in [1.165, 1.54) is 33.4 Å². The van der Waals surface area contributed by atoms with Gasteiger partial charge in [-0.3, -0.25) is 0 Å². The van der Waals surface area contributed by atoms with E-state index in [0.717, 1.165) is 56.8 Å². The van der Waals surface area contributed by atoms with Gasteiger partial charge in [-0.2, -0.15) is 0 Å². The van der Waals surface area contributed by atoms with Crippen molar-refractivity contribution in [2.75, 3.05) is 24.0 Å². The van der Waals surface area contributed by atoms with Gasteiger partial charge >= 0.3 is 0 Å². The zero-order valence-corrected chi connectivity index (χ0v) is 30.7. The van der Waals surface area contributed by atoms with Crippen LogP contribution in [0.25, 0.3) is 22.3 Å². The van der Waals surface area contributed by atoms with E-state index in [2.05, 4.69) is 183 Å². The third kappa shape index (κ3) is 7.15. The predicted octanol–water partition coefficient (Wildman–Crippen LogP) is 13.2. The molecule has 0 aliphatic carbocycles. The summed E-state index contributed by atoms with van der Waals surface area (Å²) in [5.41, 5.74) is 16.1. The molecule has 0 fully saturated rings. The number of hydrogen-bond donors (Lipinski definition) is 0. The number of hydrogen-bond acceptors (Lipinski definition) is 4. The molecule has 52 heavy (non-hydrogen) atoms. The van der Waals surface area contributed by atoms with Crippen molar-refractivity contribution >= 4 is 34.1 Å². The van der Waals surface area contributed by atoms with Crippen molar-refractivity contribution in [3.63, 3.8) is 0 Å². The quantitative estimate of drug-likeness (QED) is 0.144. The summed E-state index contributed by atoms with van der Waals surface area (Å²) in [4.78, 5) is 4.63. The van der Waals surface area contributed by atoms with Gasteiger partial charge in [0.25, 0.3) is 0 Å². The molecule has 7 aromatic carbocycles.